The van der Waals surface area contributed by atoms with Gasteiger partial charge in [0.2, 0.25) is 0 Å². The molecule has 0 aliphatic carbocycles. The normalized spacial score (nSPS) is 10.3. The van der Waals surface area contributed by atoms with Crippen molar-refractivity contribution in [2.75, 3.05) is 5.32 Å². The van der Waals surface area contributed by atoms with Gasteiger partial charge in [-0.1, -0.05) is 23.2 Å². The minimum absolute atomic E-state index is 0.144. The lowest BCUT2D eigenvalue weighted by Gasteiger charge is -2.03. The van der Waals surface area contributed by atoms with Crippen LogP contribution in [-0.2, 0) is 0 Å². The molecule has 0 saturated heterocycles. The molecule has 0 unspecified atom stereocenters. The molecule has 0 atom stereocenters. The molecule has 0 fully saturated rings. The number of amides is 1. The van der Waals surface area contributed by atoms with Gasteiger partial charge in [-0.15, -0.1) is 11.3 Å². The number of carbonyl (C=O) groups excluding carboxylic acids is 1. The topological polar surface area (TPSA) is 54.9 Å². The minimum Gasteiger partial charge on any atom is -0.303 e. The first-order valence-corrected chi connectivity index (χ1v) is 6.24. The van der Waals surface area contributed by atoms with Crippen molar-refractivity contribution in [2.45, 2.75) is 6.92 Å². The van der Waals surface area contributed by atoms with Gasteiger partial charge in [-0.2, -0.15) is 0 Å². The summed E-state index contributed by atoms with van der Waals surface area (Å²) < 4.78 is 0. The van der Waals surface area contributed by atoms with E-state index in [-0.39, 0.29) is 16.9 Å². The van der Waals surface area contributed by atoms with Crippen LogP contribution in [0.2, 0.25) is 10.2 Å². The number of aromatic nitrogens is 2. The lowest BCUT2D eigenvalue weighted by molar-refractivity contribution is 0.103. The summed E-state index contributed by atoms with van der Waals surface area (Å²) in [5.41, 5.74) is 0.868. The number of rotatable bonds is 2. The van der Waals surface area contributed by atoms with Gasteiger partial charge >= 0.3 is 0 Å². The van der Waals surface area contributed by atoms with Crippen LogP contribution in [0, 0.1) is 6.92 Å². The Balaban J connectivity index is 2.23. The highest BCUT2D eigenvalue weighted by molar-refractivity contribution is 7.13. The molecule has 4 nitrogen and oxygen atoms in total. The predicted octanol–water partition coefficient (Wildman–Crippen LogP) is 3.41. The van der Waals surface area contributed by atoms with Gasteiger partial charge < -0.3 is 5.32 Å². The Labute approximate surface area is 112 Å². The first kappa shape index (κ1) is 12.3. The van der Waals surface area contributed by atoms with Crippen LogP contribution < -0.4 is 5.32 Å². The van der Waals surface area contributed by atoms with Crippen LogP contribution in [0.3, 0.4) is 0 Å². The number of aryl methyl sites for hydroxylation is 1. The molecule has 0 aliphatic rings. The van der Waals surface area contributed by atoms with E-state index in [1.807, 2.05) is 12.3 Å². The third-order valence-electron chi connectivity index (χ3n) is 1.99. The molecule has 2 rings (SSSR count). The fourth-order valence-corrected chi connectivity index (χ4v) is 2.48. The summed E-state index contributed by atoms with van der Waals surface area (Å²) in [4.78, 5) is 20.1. The smallest absolute Gasteiger partial charge is 0.268 e. The van der Waals surface area contributed by atoms with Crippen LogP contribution >= 0.6 is 34.5 Å². The number of halogens is 2. The first-order chi connectivity index (χ1) is 8.09. The van der Waals surface area contributed by atoms with Crippen LogP contribution in [0.1, 0.15) is 15.2 Å². The van der Waals surface area contributed by atoms with Gasteiger partial charge in [0.1, 0.15) is 4.88 Å². The van der Waals surface area contributed by atoms with E-state index in [1.165, 1.54) is 23.7 Å². The molecule has 88 valence electrons. The highest BCUT2D eigenvalue weighted by atomic mass is 35.5. The van der Waals surface area contributed by atoms with Crippen LogP contribution in [0.25, 0.3) is 0 Å². The zero-order valence-electron chi connectivity index (χ0n) is 8.70. The lowest BCUT2D eigenvalue weighted by Crippen LogP contribution is -2.12. The quantitative estimate of drug-likeness (QED) is 0.921. The molecule has 0 radical (unpaired) electrons. The number of nitrogens with zero attached hydrogens (tertiary/aromatic N) is 2. The van der Waals surface area contributed by atoms with E-state index in [2.05, 4.69) is 15.3 Å². The molecule has 2 aromatic heterocycles. The molecule has 1 amide bonds. The van der Waals surface area contributed by atoms with Crippen molar-refractivity contribution in [3.8, 4) is 0 Å². The van der Waals surface area contributed by atoms with E-state index in [9.17, 15) is 4.79 Å². The van der Waals surface area contributed by atoms with Crippen molar-refractivity contribution in [1.29, 1.82) is 0 Å². The fraction of sp³-hybridized carbons (Fsp3) is 0.100. The third-order valence-corrected chi connectivity index (χ3v) is 3.96. The molecular formula is C10H7Cl2N3OS. The molecule has 2 heterocycles. The van der Waals surface area contributed by atoms with E-state index in [4.69, 9.17) is 23.2 Å². The van der Waals surface area contributed by atoms with Gasteiger partial charge in [0.15, 0.2) is 11.0 Å². The number of thiophene rings is 1. The highest BCUT2D eigenvalue weighted by Crippen LogP contribution is 2.28. The zero-order chi connectivity index (χ0) is 12.4. The maximum atomic E-state index is 11.9. The third kappa shape index (κ3) is 2.57. The second kappa shape index (κ2) is 5.00. The fourth-order valence-electron chi connectivity index (χ4n) is 1.15. The molecule has 0 bridgehead atoms. The van der Waals surface area contributed by atoms with Crippen LogP contribution in [0.4, 0.5) is 5.82 Å². The molecular weight excluding hydrogens is 281 g/mol. The molecule has 2 aromatic rings. The maximum Gasteiger partial charge on any atom is 0.268 e. The highest BCUT2D eigenvalue weighted by Gasteiger charge is 2.16. The van der Waals surface area contributed by atoms with Crippen molar-refractivity contribution in [1.82, 2.24) is 9.97 Å². The van der Waals surface area contributed by atoms with Crippen LogP contribution in [0.15, 0.2) is 17.8 Å². The Morgan fingerprint density at radius 1 is 1.35 bits per heavy atom. The molecule has 0 spiro atoms. The second-order valence-electron chi connectivity index (χ2n) is 3.21. The van der Waals surface area contributed by atoms with E-state index < -0.39 is 0 Å². The Morgan fingerprint density at radius 3 is 2.65 bits per heavy atom. The van der Waals surface area contributed by atoms with E-state index in [1.54, 1.807) is 0 Å². The summed E-state index contributed by atoms with van der Waals surface area (Å²) in [6.45, 7) is 1.84. The summed E-state index contributed by atoms with van der Waals surface area (Å²) in [7, 11) is 0. The molecule has 0 aliphatic heterocycles. The molecule has 0 aromatic carbocycles. The summed E-state index contributed by atoms with van der Waals surface area (Å²) in [6.07, 6.45) is 2.89. The molecule has 7 heteroatoms. The average Bonchev–Trinajstić information content (AvgIpc) is 2.63. The maximum absolute atomic E-state index is 11.9. The number of nitrogens with one attached hydrogen (secondary N) is 1. The minimum atomic E-state index is -0.337. The van der Waals surface area contributed by atoms with Crippen molar-refractivity contribution in [3.05, 3.63) is 38.4 Å². The SMILES string of the molecule is Cc1csc(C(=O)Nc2nccnc2Cl)c1Cl. The van der Waals surface area contributed by atoms with Gasteiger partial charge in [-0.25, -0.2) is 9.97 Å². The van der Waals surface area contributed by atoms with Gasteiger partial charge in [-0.3, -0.25) is 4.79 Å². The average molecular weight is 288 g/mol. The Bertz CT molecular complexity index is 570. The van der Waals surface area contributed by atoms with E-state index in [0.717, 1.165) is 5.56 Å². The number of hydrogen-bond acceptors (Lipinski definition) is 4. The van der Waals surface area contributed by atoms with Gasteiger partial charge in [0.05, 0.1) is 5.02 Å². The predicted molar refractivity (Wildman–Crippen MR) is 69.1 cm³/mol. The Kier molecular flexibility index (Phi) is 3.61. The van der Waals surface area contributed by atoms with Crippen molar-refractivity contribution in [2.24, 2.45) is 0 Å². The number of anilines is 1. The second-order valence-corrected chi connectivity index (χ2v) is 4.83. The van der Waals surface area contributed by atoms with Crippen molar-refractivity contribution in [3.63, 3.8) is 0 Å². The van der Waals surface area contributed by atoms with Crippen molar-refractivity contribution >= 4 is 46.3 Å². The largest absolute Gasteiger partial charge is 0.303 e. The van der Waals surface area contributed by atoms with Crippen LogP contribution in [-0.4, -0.2) is 15.9 Å². The molecule has 0 saturated carbocycles. The standard InChI is InChI=1S/C10H7Cl2N3OS/c1-5-4-17-7(6(5)11)10(16)15-9-8(12)13-2-3-14-9/h2-4H,1H3,(H,14,15,16). The summed E-state index contributed by atoms with van der Waals surface area (Å²) in [6, 6.07) is 0. The summed E-state index contributed by atoms with van der Waals surface area (Å²) in [5, 5.41) is 4.97. The van der Waals surface area contributed by atoms with E-state index >= 15 is 0 Å². The first-order valence-electron chi connectivity index (χ1n) is 4.61. The van der Waals surface area contributed by atoms with Crippen LogP contribution in [0.5, 0.6) is 0 Å². The summed E-state index contributed by atoms with van der Waals surface area (Å²) >= 11 is 13.0. The van der Waals surface area contributed by atoms with Crippen molar-refractivity contribution < 1.29 is 4.79 Å². The number of carbonyl (C=O) groups is 1. The molecule has 1 N–H and O–H groups in total. The van der Waals surface area contributed by atoms with Gasteiger partial charge in [0.25, 0.3) is 5.91 Å². The van der Waals surface area contributed by atoms with Gasteiger partial charge in [-0.05, 0) is 17.9 Å². The monoisotopic (exact) mass is 287 g/mol. The molecule has 17 heavy (non-hydrogen) atoms. The van der Waals surface area contributed by atoms with E-state index in [0.29, 0.717) is 9.90 Å². The zero-order valence-corrected chi connectivity index (χ0v) is 11.0. The lowest BCUT2D eigenvalue weighted by atomic mass is 10.3. The Hall–Kier alpha value is -1.17. The summed E-state index contributed by atoms with van der Waals surface area (Å²) in [5.74, 6) is -0.114. The Morgan fingerprint density at radius 2 is 2.06 bits per heavy atom. The number of hydrogen-bond donors (Lipinski definition) is 1. The van der Waals surface area contributed by atoms with Gasteiger partial charge in [0, 0.05) is 12.4 Å².